The summed E-state index contributed by atoms with van der Waals surface area (Å²) < 4.78 is 27.3. The summed E-state index contributed by atoms with van der Waals surface area (Å²) >= 11 is 0. The Morgan fingerprint density at radius 2 is 1.47 bits per heavy atom. The SMILES string of the molecule is COc1ccc(C(C(=O)NC2CCCCC2)N(C(=O)c2ccco2)c2ccc(OC)c(OC)c2)cc1OC. The van der Waals surface area contributed by atoms with Crippen molar-refractivity contribution < 1.29 is 33.0 Å². The van der Waals surface area contributed by atoms with E-state index in [2.05, 4.69) is 5.32 Å². The van der Waals surface area contributed by atoms with Gasteiger partial charge in [0.1, 0.15) is 6.04 Å². The van der Waals surface area contributed by atoms with Crippen LogP contribution >= 0.6 is 0 Å². The Bertz CT molecular complexity index is 1240. The summed E-state index contributed by atoms with van der Waals surface area (Å²) in [6.45, 7) is 0. The van der Waals surface area contributed by atoms with Crippen molar-refractivity contribution in [2.24, 2.45) is 0 Å². The largest absolute Gasteiger partial charge is 0.493 e. The summed E-state index contributed by atoms with van der Waals surface area (Å²) in [5.41, 5.74) is 0.980. The fraction of sp³-hybridized carbons (Fsp3) is 0.379. The number of ether oxygens (including phenoxy) is 4. The van der Waals surface area contributed by atoms with E-state index in [-0.39, 0.29) is 17.7 Å². The first kappa shape index (κ1) is 26.9. The van der Waals surface area contributed by atoms with Crippen molar-refractivity contribution in [2.75, 3.05) is 33.3 Å². The van der Waals surface area contributed by atoms with Crippen LogP contribution < -0.4 is 29.2 Å². The van der Waals surface area contributed by atoms with Gasteiger partial charge in [-0.25, -0.2) is 0 Å². The molecule has 0 bridgehead atoms. The number of nitrogens with one attached hydrogen (secondary N) is 1. The first-order chi connectivity index (χ1) is 18.5. The lowest BCUT2D eigenvalue weighted by atomic mass is 9.94. The van der Waals surface area contributed by atoms with Gasteiger partial charge in [-0.1, -0.05) is 25.3 Å². The quantitative estimate of drug-likeness (QED) is 0.393. The Morgan fingerprint density at radius 1 is 0.842 bits per heavy atom. The molecule has 3 aromatic rings. The minimum atomic E-state index is -1.05. The summed E-state index contributed by atoms with van der Waals surface area (Å²) in [6.07, 6.45) is 6.47. The molecule has 0 radical (unpaired) electrons. The molecule has 1 N–H and O–H groups in total. The van der Waals surface area contributed by atoms with Crippen LogP contribution in [0.25, 0.3) is 0 Å². The van der Waals surface area contributed by atoms with Crippen LogP contribution in [-0.4, -0.2) is 46.3 Å². The highest BCUT2D eigenvalue weighted by molar-refractivity contribution is 6.09. The third-order valence-corrected chi connectivity index (χ3v) is 6.78. The van der Waals surface area contributed by atoms with E-state index in [0.29, 0.717) is 34.2 Å². The van der Waals surface area contributed by atoms with Gasteiger partial charge in [-0.3, -0.25) is 14.5 Å². The molecule has 1 aliphatic carbocycles. The molecule has 4 rings (SSSR count). The van der Waals surface area contributed by atoms with E-state index in [1.54, 1.807) is 55.6 Å². The normalized spacial score (nSPS) is 14.3. The third-order valence-electron chi connectivity index (χ3n) is 6.78. The fourth-order valence-electron chi connectivity index (χ4n) is 4.84. The molecule has 1 heterocycles. The van der Waals surface area contributed by atoms with Crippen molar-refractivity contribution in [3.8, 4) is 23.0 Å². The molecule has 1 aliphatic rings. The highest BCUT2D eigenvalue weighted by Crippen LogP contribution is 2.38. The van der Waals surface area contributed by atoms with Gasteiger partial charge in [-0.2, -0.15) is 0 Å². The maximum Gasteiger partial charge on any atom is 0.294 e. The first-order valence-corrected chi connectivity index (χ1v) is 12.6. The van der Waals surface area contributed by atoms with E-state index in [9.17, 15) is 9.59 Å². The molecule has 0 saturated heterocycles. The maximum atomic E-state index is 14.1. The maximum absolute atomic E-state index is 14.1. The number of carbonyl (C=O) groups is 2. The number of benzene rings is 2. The van der Waals surface area contributed by atoms with E-state index in [1.807, 2.05) is 0 Å². The van der Waals surface area contributed by atoms with Crippen LogP contribution in [0, 0.1) is 0 Å². The average Bonchev–Trinajstić information content (AvgIpc) is 3.50. The van der Waals surface area contributed by atoms with E-state index in [4.69, 9.17) is 23.4 Å². The van der Waals surface area contributed by atoms with E-state index >= 15 is 0 Å². The molecule has 9 heteroatoms. The van der Waals surface area contributed by atoms with E-state index in [1.165, 1.54) is 32.5 Å². The summed E-state index contributed by atoms with van der Waals surface area (Å²) in [5.74, 6) is 1.17. The van der Waals surface area contributed by atoms with Crippen LogP contribution in [0.5, 0.6) is 23.0 Å². The topological polar surface area (TPSA) is 99.5 Å². The number of anilines is 1. The standard InChI is InChI=1S/C29H34N2O7/c1-34-22-14-12-19(17-25(22)36-3)27(28(32)30-20-9-6-5-7-10-20)31(29(33)24-11-8-16-38-24)21-13-15-23(35-2)26(18-21)37-4/h8,11-18,20,27H,5-7,9-10H2,1-4H3,(H,30,32). The molecule has 0 aliphatic heterocycles. The lowest BCUT2D eigenvalue weighted by Crippen LogP contribution is -2.47. The number of hydrogen-bond acceptors (Lipinski definition) is 7. The van der Waals surface area contributed by atoms with Crippen molar-refractivity contribution in [3.63, 3.8) is 0 Å². The average molecular weight is 523 g/mol. The number of hydrogen-bond donors (Lipinski definition) is 1. The van der Waals surface area contributed by atoms with Gasteiger partial charge >= 0.3 is 0 Å². The van der Waals surface area contributed by atoms with E-state index in [0.717, 1.165) is 32.1 Å². The van der Waals surface area contributed by atoms with Gasteiger partial charge in [0.05, 0.1) is 34.7 Å². The second-order valence-electron chi connectivity index (χ2n) is 9.05. The number of nitrogens with zero attached hydrogens (tertiary/aromatic N) is 1. The zero-order chi connectivity index (χ0) is 27.1. The number of furan rings is 1. The highest BCUT2D eigenvalue weighted by Gasteiger charge is 2.36. The van der Waals surface area contributed by atoms with Crippen LogP contribution in [0.15, 0.2) is 59.2 Å². The molecule has 38 heavy (non-hydrogen) atoms. The highest BCUT2D eigenvalue weighted by atomic mass is 16.5. The summed E-state index contributed by atoms with van der Waals surface area (Å²) in [6, 6.07) is 12.5. The predicted molar refractivity (Wildman–Crippen MR) is 142 cm³/mol. The Morgan fingerprint density at radius 3 is 2.08 bits per heavy atom. The van der Waals surface area contributed by atoms with Crippen LogP contribution in [0.1, 0.15) is 54.3 Å². The Balaban J connectivity index is 1.87. The lowest BCUT2D eigenvalue weighted by molar-refractivity contribution is -0.123. The summed E-state index contributed by atoms with van der Waals surface area (Å²) in [4.78, 5) is 29.5. The molecule has 1 atom stereocenters. The van der Waals surface area contributed by atoms with Crippen LogP contribution in [0.4, 0.5) is 5.69 Å². The second-order valence-corrected chi connectivity index (χ2v) is 9.05. The van der Waals surface area contributed by atoms with Crippen LogP contribution in [0.3, 0.4) is 0 Å². The number of carbonyl (C=O) groups excluding carboxylic acids is 2. The minimum absolute atomic E-state index is 0.0323. The van der Waals surface area contributed by atoms with E-state index < -0.39 is 11.9 Å². The number of methoxy groups -OCH3 is 4. The summed E-state index contributed by atoms with van der Waals surface area (Å²) in [7, 11) is 6.12. The molecular formula is C29H34N2O7. The molecule has 1 aromatic heterocycles. The zero-order valence-electron chi connectivity index (χ0n) is 22.2. The smallest absolute Gasteiger partial charge is 0.294 e. The molecule has 1 unspecified atom stereocenters. The molecule has 9 nitrogen and oxygen atoms in total. The minimum Gasteiger partial charge on any atom is -0.493 e. The van der Waals surface area contributed by atoms with Crippen molar-refractivity contribution in [1.82, 2.24) is 5.32 Å². The first-order valence-electron chi connectivity index (χ1n) is 12.6. The lowest BCUT2D eigenvalue weighted by Gasteiger charge is -2.33. The Labute approximate surface area is 222 Å². The van der Waals surface area contributed by atoms with Gasteiger partial charge in [0.2, 0.25) is 5.91 Å². The molecule has 1 fully saturated rings. The Kier molecular flexibility index (Phi) is 8.78. The van der Waals surface area contributed by atoms with Crippen molar-refractivity contribution >= 4 is 17.5 Å². The van der Waals surface area contributed by atoms with Crippen LogP contribution in [0.2, 0.25) is 0 Å². The second kappa shape index (κ2) is 12.4. The fourth-order valence-corrected chi connectivity index (χ4v) is 4.84. The van der Waals surface area contributed by atoms with Crippen molar-refractivity contribution in [3.05, 3.63) is 66.1 Å². The number of rotatable bonds is 10. The molecule has 1 saturated carbocycles. The molecule has 2 amide bonds. The molecule has 2 aromatic carbocycles. The van der Waals surface area contributed by atoms with Gasteiger partial charge in [0.25, 0.3) is 5.91 Å². The van der Waals surface area contributed by atoms with Gasteiger partial charge in [-0.15, -0.1) is 0 Å². The molecular weight excluding hydrogens is 488 g/mol. The van der Waals surface area contributed by atoms with Gasteiger partial charge in [0, 0.05) is 17.8 Å². The van der Waals surface area contributed by atoms with Gasteiger partial charge in [-0.05, 0) is 54.8 Å². The third kappa shape index (κ3) is 5.72. The Hall–Kier alpha value is -4.14. The van der Waals surface area contributed by atoms with Crippen molar-refractivity contribution in [1.29, 1.82) is 0 Å². The predicted octanol–water partition coefficient (Wildman–Crippen LogP) is 5.15. The molecule has 202 valence electrons. The number of amides is 2. The van der Waals surface area contributed by atoms with Gasteiger partial charge in [0.15, 0.2) is 28.8 Å². The molecule has 0 spiro atoms. The summed E-state index contributed by atoms with van der Waals surface area (Å²) in [5, 5.41) is 3.19. The zero-order valence-corrected chi connectivity index (χ0v) is 22.2. The van der Waals surface area contributed by atoms with Gasteiger partial charge < -0.3 is 28.7 Å². The van der Waals surface area contributed by atoms with Crippen molar-refractivity contribution in [2.45, 2.75) is 44.2 Å². The van der Waals surface area contributed by atoms with Crippen LogP contribution in [-0.2, 0) is 4.79 Å². The monoisotopic (exact) mass is 522 g/mol.